The molecule has 0 amide bonds. The highest BCUT2D eigenvalue weighted by Gasteiger charge is 2.06. The number of unbranched alkanes of at least 4 members (excludes halogenated alkanes) is 1. The molecule has 0 radical (unpaired) electrons. The van der Waals surface area contributed by atoms with Crippen molar-refractivity contribution in [1.82, 2.24) is 0 Å². The van der Waals surface area contributed by atoms with Gasteiger partial charge in [0.25, 0.3) is 0 Å². The van der Waals surface area contributed by atoms with Gasteiger partial charge >= 0.3 is 0 Å². The SMILES string of the molecule is CCCCNc1cc(Br)c(F)cc1F. The maximum absolute atomic E-state index is 13.1. The number of nitrogens with one attached hydrogen (secondary N) is 1. The standard InChI is InChI=1S/C10H12BrF2N/c1-2-3-4-14-10-5-7(11)8(12)6-9(10)13/h5-6,14H,2-4H2,1H3. The molecule has 0 saturated carbocycles. The van der Waals surface area contributed by atoms with Crippen LogP contribution in [0.25, 0.3) is 0 Å². The first-order valence-electron chi connectivity index (χ1n) is 4.53. The van der Waals surface area contributed by atoms with E-state index >= 15 is 0 Å². The second kappa shape index (κ2) is 5.29. The smallest absolute Gasteiger partial charge is 0.149 e. The summed E-state index contributed by atoms with van der Waals surface area (Å²) in [6, 6.07) is 2.29. The van der Waals surface area contributed by atoms with Crippen molar-refractivity contribution >= 4 is 21.6 Å². The topological polar surface area (TPSA) is 12.0 Å². The van der Waals surface area contributed by atoms with Crippen LogP contribution in [0.2, 0.25) is 0 Å². The lowest BCUT2D eigenvalue weighted by Crippen LogP contribution is -2.03. The van der Waals surface area contributed by atoms with E-state index in [4.69, 9.17) is 0 Å². The van der Waals surface area contributed by atoms with Crippen LogP contribution in [0.3, 0.4) is 0 Å². The second-order valence-corrected chi connectivity index (χ2v) is 3.88. The Hall–Kier alpha value is -0.640. The van der Waals surface area contributed by atoms with E-state index in [1.54, 1.807) is 0 Å². The van der Waals surface area contributed by atoms with Crippen molar-refractivity contribution in [3.8, 4) is 0 Å². The second-order valence-electron chi connectivity index (χ2n) is 3.03. The third-order valence-corrected chi connectivity index (χ3v) is 2.46. The van der Waals surface area contributed by atoms with Gasteiger partial charge in [0.15, 0.2) is 0 Å². The summed E-state index contributed by atoms with van der Waals surface area (Å²) in [6.45, 7) is 2.75. The van der Waals surface area contributed by atoms with Gasteiger partial charge in [-0.2, -0.15) is 0 Å². The summed E-state index contributed by atoms with van der Waals surface area (Å²) < 4.78 is 26.2. The van der Waals surface area contributed by atoms with E-state index in [-0.39, 0.29) is 4.47 Å². The van der Waals surface area contributed by atoms with Crippen molar-refractivity contribution in [1.29, 1.82) is 0 Å². The molecule has 0 aliphatic carbocycles. The van der Waals surface area contributed by atoms with Crippen molar-refractivity contribution < 1.29 is 8.78 Å². The molecule has 0 heterocycles. The fourth-order valence-electron chi connectivity index (χ4n) is 1.06. The Morgan fingerprint density at radius 1 is 1.29 bits per heavy atom. The zero-order valence-electron chi connectivity index (χ0n) is 7.91. The molecule has 0 aliphatic heterocycles. The molecular weight excluding hydrogens is 252 g/mol. The first-order valence-corrected chi connectivity index (χ1v) is 5.33. The van der Waals surface area contributed by atoms with Crippen LogP contribution in [-0.2, 0) is 0 Å². The lowest BCUT2D eigenvalue weighted by Gasteiger charge is -2.07. The molecule has 0 aliphatic rings. The Morgan fingerprint density at radius 3 is 2.64 bits per heavy atom. The van der Waals surface area contributed by atoms with Crippen molar-refractivity contribution in [2.45, 2.75) is 19.8 Å². The molecule has 0 unspecified atom stereocenters. The zero-order valence-corrected chi connectivity index (χ0v) is 9.50. The summed E-state index contributed by atoms with van der Waals surface area (Å²) in [4.78, 5) is 0. The highest BCUT2D eigenvalue weighted by Crippen LogP contribution is 2.23. The maximum atomic E-state index is 13.1. The van der Waals surface area contributed by atoms with Crippen LogP contribution < -0.4 is 5.32 Å². The molecule has 0 fully saturated rings. The Bertz CT molecular complexity index is 315. The van der Waals surface area contributed by atoms with Crippen molar-refractivity contribution in [3.05, 3.63) is 28.2 Å². The van der Waals surface area contributed by atoms with Gasteiger partial charge < -0.3 is 5.32 Å². The van der Waals surface area contributed by atoms with Crippen LogP contribution >= 0.6 is 15.9 Å². The molecule has 1 nitrogen and oxygen atoms in total. The van der Waals surface area contributed by atoms with Crippen molar-refractivity contribution in [2.24, 2.45) is 0 Å². The van der Waals surface area contributed by atoms with Gasteiger partial charge in [0.1, 0.15) is 11.6 Å². The van der Waals surface area contributed by atoms with E-state index in [1.807, 2.05) is 0 Å². The molecule has 1 aromatic rings. The Kier molecular flexibility index (Phi) is 4.32. The number of benzene rings is 1. The van der Waals surface area contributed by atoms with Gasteiger partial charge in [0.05, 0.1) is 10.2 Å². The fourth-order valence-corrected chi connectivity index (χ4v) is 1.40. The minimum Gasteiger partial charge on any atom is -0.383 e. The molecule has 4 heteroatoms. The largest absolute Gasteiger partial charge is 0.383 e. The lowest BCUT2D eigenvalue weighted by atomic mass is 10.2. The number of rotatable bonds is 4. The van der Waals surface area contributed by atoms with E-state index in [9.17, 15) is 8.78 Å². The molecule has 1 rings (SSSR count). The minimum atomic E-state index is -0.580. The summed E-state index contributed by atoms with van der Waals surface area (Å²) in [6.07, 6.45) is 2.01. The normalized spacial score (nSPS) is 10.3. The fraction of sp³-hybridized carbons (Fsp3) is 0.400. The van der Waals surface area contributed by atoms with Gasteiger partial charge in [-0.25, -0.2) is 8.78 Å². The number of anilines is 1. The molecule has 0 saturated heterocycles. The van der Waals surface area contributed by atoms with E-state index in [1.165, 1.54) is 6.07 Å². The first-order chi connectivity index (χ1) is 6.65. The van der Waals surface area contributed by atoms with Gasteiger partial charge in [-0.05, 0) is 28.4 Å². The highest BCUT2D eigenvalue weighted by atomic mass is 79.9. The Morgan fingerprint density at radius 2 is 2.00 bits per heavy atom. The van der Waals surface area contributed by atoms with Crippen LogP contribution in [-0.4, -0.2) is 6.54 Å². The summed E-state index contributed by atoms with van der Waals surface area (Å²) in [5, 5.41) is 2.91. The summed E-state index contributed by atoms with van der Waals surface area (Å²) in [5.41, 5.74) is 0.340. The highest BCUT2D eigenvalue weighted by molar-refractivity contribution is 9.10. The molecule has 1 aromatic carbocycles. The molecule has 0 spiro atoms. The Balaban J connectivity index is 2.72. The van der Waals surface area contributed by atoms with Gasteiger partial charge in [-0.1, -0.05) is 13.3 Å². The van der Waals surface area contributed by atoms with Crippen LogP contribution in [0, 0.1) is 11.6 Å². The average molecular weight is 264 g/mol. The lowest BCUT2D eigenvalue weighted by molar-refractivity contribution is 0.580. The van der Waals surface area contributed by atoms with Gasteiger partial charge in [0, 0.05) is 12.6 Å². The quantitative estimate of drug-likeness (QED) is 0.641. The van der Waals surface area contributed by atoms with E-state index in [0.29, 0.717) is 12.2 Å². The number of halogens is 3. The van der Waals surface area contributed by atoms with Gasteiger partial charge in [-0.3, -0.25) is 0 Å². The minimum absolute atomic E-state index is 0.276. The molecule has 14 heavy (non-hydrogen) atoms. The number of hydrogen-bond acceptors (Lipinski definition) is 1. The Labute approximate surface area is 90.6 Å². The molecular formula is C10H12BrF2N. The third-order valence-electron chi connectivity index (χ3n) is 1.86. The maximum Gasteiger partial charge on any atom is 0.149 e. The van der Waals surface area contributed by atoms with E-state index in [0.717, 1.165) is 18.9 Å². The van der Waals surface area contributed by atoms with Crippen LogP contribution in [0.4, 0.5) is 14.5 Å². The van der Waals surface area contributed by atoms with Crippen LogP contribution in [0.15, 0.2) is 16.6 Å². The summed E-state index contributed by atoms with van der Waals surface area (Å²) in [5.74, 6) is -1.13. The van der Waals surface area contributed by atoms with Crippen molar-refractivity contribution in [3.63, 3.8) is 0 Å². The summed E-state index contributed by atoms with van der Waals surface area (Å²) in [7, 11) is 0. The molecule has 1 N–H and O–H groups in total. The molecule has 0 bridgehead atoms. The predicted octanol–water partition coefficient (Wildman–Crippen LogP) is 3.94. The van der Waals surface area contributed by atoms with E-state index < -0.39 is 11.6 Å². The average Bonchev–Trinajstić information content (AvgIpc) is 2.14. The van der Waals surface area contributed by atoms with Crippen LogP contribution in [0.1, 0.15) is 19.8 Å². The first kappa shape index (κ1) is 11.4. The zero-order chi connectivity index (χ0) is 10.6. The van der Waals surface area contributed by atoms with Crippen LogP contribution in [0.5, 0.6) is 0 Å². The van der Waals surface area contributed by atoms with E-state index in [2.05, 4.69) is 28.2 Å². The monoisotopic (exact) mass is 263 g/mol. The van der Waals surface area contributed by atoms with Crippen molar-refractivity contribution in [2.75, 3.05) is 11.9 Å². The van der Waals surface area contributed by atoms with Gasteiger partial charge in [0.2, 0.25) is 0 Å². The van der Waals surface area contributed by atoms with Gasteiger partial charge in [-0.15, -0.1) is 0 Å². The summed E-state index contributed by atoms with van der Waals surface area (Å²) >= 11 is 3.01. The molecule has 78 valence electrons. The number of hydrogen-bond donors (Lipinski definition) is 1. The molecule has 0 aromatic heterocycles. The molecule has 0 atom stereocenters. The third kappa shape index (κ3) is 2.94. The predicted molar refractivity (Wildman–Crippen MR) is 57.5 cm³/mol.